The van der Waals surface area contributed by atoms with E-state index in [1.54, 1.807) is 12.3 Å². The number of aromatic nitrogens is 2. The first-order chi connectivity index (χ1) is 10.4. The molecule has 0 spiro atoms. The van der Waals surface area contributed by atoms with Crippen molar-refractivity contribution in [2.24, 2.45) is 7.05 Å². The maximum absolute atomic E-state index is 11.3. The minimum atomic E-state index is -0.699. The monoisotopic (exact) mass is 304 g/mol. The fraction of sp³-hybridized carbons (Fsp3) is 0.375. The Morgan fingerprint density at radius 3 is 2.59 bits per heavy atom. The Kier molecular flexibility index (Phi) is 4.40. The highest BCUT2D eigenvalue weighted by Gasteiger charge is 2.38. The van der Waals surface area contributed by atoms with Crippen molar-refractivity contribution >= 4 is 5.97 Å². The van der Waals surface area contributed by atoms with E-state index in [0.717, 1.165) is 11.4 Å². The van der Waals surface area contributed by atoms with Crippen LogP contribution in [0.1, 0.15) is 31.7 Å². The van der Waals surface area contributed by atoms with Crippen LogP contribution in [0.4, 0.5) is 0 Å². The van der Waals surface area contributed by atoms with Gasteiger partial charge < -0.3 is 19.5 Å². The first-order valence-corrected chi connectivity index (χ1v) is 7.04. The summed E-state index contributed by atoms with van der Waals surface area (Å²) in [7, 11) is 1.86. The Morgan fingerprint density at radius 2 is 2.09 bits per heavy atom. The number of carbonyl (C=O) groups excluding carboxylic acids is 1. The number of rotatable bonds is 5. The van der Waals surface area contributed by atoms with Gasteiger partial charge in [0.25, 0.3) is 0 Å². The second-order valence-corrected chi connectivity index (χ2v) is 5.28. The van der Waals surface area contributed by atoms with E-state index in [-0.39, 0.29) is 24.1 Å². The largest absolute Gasteiger partial charge is 0.504 e. The standard InChI is InChI=1S/C16H20N2O4/c1-4-16(10-22-11(2)19,15-17-7-8-18(15)3)12-5-6-13(20)14(21)9-12/h5-9,20-21H,4,10H2,1-3H3. The maximum Gasteiger partial charge on any atom is 0.302 e. The van der Waals surface area contributed by atoms with E-state index in [1.165, 1.54) is 19.1 Å². The molecule has 1 heterocycles. The van der Waals surface area contributed by atoms with E-state index in [1.807, 2.05) is 24.7 Å². The highest BCUT2D eigenvalue weighted by molar-refractivity contribution is 5.66. The number of esters is 1. The molecule has 1 aromatic heterocycles. The molecule has 1 atom stereocenters. The number of phenols is 2. The summed E-state index contributed by atoms with van der Waals surface area (Å²) >= 11 is 0. The van der Waals surface area contributed by atoms with Crippen molar-refractivity contribution in [3.8, 4) is 11.5 Å². The van der Waals surface area contributed by atoms with Crippen molar-refractivity contribution in [3.63, 3.8) is 0 Å². The Labute approximate surface area is 129 Å². The van der Waals surface area contributed by atoms with Gasteiger partial charge in [-0.2, -0.15) is 0 Å². The predicted molar refractivity (Wildman–Crippen MR) is 80.7 cm³/mol. The van der Waals surface area contributed by atoms with Gasteiger partial charge in [0.2, 0.25) is 0 Å². The van der Waals surface area contributed by atoms with Gasteiger partial charge in [0.15, 0.2) is 11.5 Å². The lowest BCUT2D eigenvalue weighted by Gasteiger charge is -2.32. The first-order valence-electron chi connectivity index (χ1n) is 7.04. The van der Waals surface area contributed by atoms with Gasteiger partial charge in [0.05, 0.1) is 5.41 Å². The number of imidazole rings is 1. The lowest BCUT2D eigenvalue weighted by Crippen LogP contribution is -2.36. The number of hydrogen-bond donors (Lipinski definition) is 2. The Morgan fingerprint density at radius 1 is 1.36 bits per heavy atom. The molecule has 0 radical (unpaired) electrons. The van der Waals surface area contributed by atoms with Gasteiger partial charge in [-0.15, -0.1) is 0 Å². The first kappa shape index (κ1) is 15.9. The smallest absolute Gasteiger partial charge is 0.302 e. The van der Waals surface area contributed by atoms with Crippen molar-refractivity contribution in [3.05, 3.63) is 42.0 Å². The number of carbonyl (C=O) groups is 1. The van der Waals surface area contributed by atoms with Crippen LogP contribution in [0, 0.1) is 0 Å². The Balaban J connectivity index is 2.59. The Hall–Kier alpha value is -2.50. The minimum absolute atomic E-state index is 0.105. The lowest BCUT2D eigenvalue weighted by atomic mass is 9.77. The van der Waals surface area contributed by atoms with Crippen LogP contribution < -0.4 is 0 Å². The maximum atomic E-state index is 11.3. The van der Waals surface area contributed by atoms with E-state index < -0.39 is 5.41 Å². The molecule has 6 nitrogen and oxygen atoms in total. The molecule has 0 aliphatic carbocycles. The number of nitrogens with zero attached hydrogens (tertiary/aromatic N) is 2. The summed E-state index contributed by atoms with van der Waals surface area (Å²) in [4.78, 5) is 15.7. The second-order valence-electron chi connectivity index (χ2n) is 5.28. The highest BCUT2D eigenvalue weighted by Crippen LogP contribution is 2.38. The number of aryl methyl sites for hydroxylation is 1. The number of phenolic OH excluding ortho intramolecular Hbond substituents is 2. The third kappa shape index (κ3) is 2.77. The summed E-state index contributed by atoms with van der Waals surface area (Å²) in [6.45, 7) is 3.42. The molecule has 2 N–H and O–H groups in total. The van der Waals surface area contributed by atoms with E-state index in [4.69, 9.17) is 4.74 Å². The van der Waals surface area contributed by atoms with Gasteiger partial charge in [-0.3, -0.25) is 4.79 Å². The van der Waals surface area contributed by atoms with Crippen LogP contribution in [0.2, 0.25) is 0 Å². The van der Waals surface area contributed by atoms with Crippen LogP contribution in [0.25, 0.3) is 0 Å². The van der Waals surface area contributed by atoms with Gasteiger partial charge >= 0.3 is 5.97 Å². The topological polar surface area (TPSA) is 84.6 Å². The number of aromatic hydroxyl groups is 2. The molecule has 0 saturated carbocycles. The SMILES string of the molecule is CCC(COC(C)=O)(c1ccc(O)c(O)c1)c1nccn1C. The molecule has 0 aliphatic heterocycles. The molecule has 1 aromatic carbocycles. The second kappa shape index (κ2) is 6.09. The molecule has 2 aromatic rings. The number of benzene rings is 1. The van der Waals surface area contributed by atoms with Crippen molar-refractivity contribution < 1.29 is 19.7 Å². The van der Waals surface area contributed by atoms with Gasteiger partial charge in [-0.05, 0) is 24.1 Å². The average Bonchev–Trinajstić information content (AvgIpc) is 2.90. The molecular formula is C16H20N2O4. The normalized spacial score (nSPS) is 13.6. The van der Waals surface area contributed by atoms with E-state index >= 15 is 0 Å². The van der Waals surface area contributed by atoms with Crippen molar-refractivity contribution in [1.29, 1.82) is 0 Å². The van der Waals surface area contributed by atoms with E-state index in [9.17, 15) is 15.0 Å². The third-order valence-electron chi connectivity index (χ3n) is 3.90. The van der Waals surface area contributed by atoms with Crippen LogP contribution in [-0.4, -0.2) is 32.3 Å². The fourth-order valence-corrected chi connectivity index (χ4v) is 2.61. The molecular weight excluding hydrogens is 284 g/mol. The van der Waals surface area contributed by atoms with E-state index in [2.05, 4.69) is 4.98 Å². The molecule has 0 bridgehead atoms. The highest BCUT2D eigenvalue weighted by atomic mass is 16.5. The molecule has 0 saturated heterocycles. The van der Waals surface area contributed by atoms with Crippen LogP contribution in [-0.2, 0) is 22.0 Å². The zero-order chi connectivity index (χ0) is 16.3. The molecule has 118 valence electrons. The fourth-order valence-electron chi connectivity index (χ4n) is 2.61. The molecule has 0 aliphatic rings. The van der Waals surface area contributed by atoms with Gasteiger partial charge in [-0.25, -0.2) is 4.98 Å². The van der Waals surface area contributed by atoms with Crippen LogP contribution in [0.5, 0.6) is 11.5 Å². The van der Waals surface area contributed by atoms with Gasteiger partial charge in [-0.1, -0.05) is 13.0 Å². The van der Waals surface area contributed by atoms with Crippen LogP contribution in [0.3, 0.4) is 0 Å². The van der Waals surface area contributed by atoms with Crippen molar-refractivity contribution in [1.82, 2.24) is 9.55 Å². The van der Waals surface area contributed by atoms with Gasteiger partial charge in [0, 0.05) is 26.4 Å². The summed E-state index contributed by atoms with van der Waals surface area (Å²) in [5.74, 6) is -0.0650. The Bertz CT molecular complexity index is 681. The molecule has 0 fully saturated rings. The summed E-state index contributed by atoms with van der Waals surface area (Å²) in [5, 5.41) is 19.3. The van der Waals surface area contributed by atoms with Crippen molar-refractivity contribution in [2.45, 2.75) is 25.7 Å². The molecule has 0 amide bonds. The molecule has 22 heavy (non-hydrogen) atoms. The predicted octanol–water partition coefficient (Wildman–Crippen LogP) is 2.09. The zero-order valence-electron chi connectivity index (χ0n) is 12.9. The summed E-state index contributed by atoms with van der Waals surface area (Å²) in [5.41, 5.74) is 0.0237. The third-order valence-corrected chi connectivity index (χ3v) is 3.90. The van der Waals surface area contributed by atoms with E-state index in [0.29, 0.717) is 6.42 Å². The number of ether oxygens (including phenoxy) is 1. The van der Waals surface area contributed by atoms with Crippen LogP contribution in [0.15, 0.2) is 30.6 Å². The quantitative estimate of drug-likeness (QED) is 0.652. The average molecular weight is 304 g/mol. The van der Waals surface area contributed by atoms with Crippen molar-refractivity contribution in [2.75, 3.05) is 6.61 Å². The summed E-state index contributed by atoms with van der Waals surface area (Å²) in [6, 6.07) is 4.61. The lowest BCUT2D eigenvalue weighted by molar-refractivity contribution is -0.142. The molecule has 1 unspecified atom stereocenters. The summed E-state index contributed by atoms with van der Waals surface area (Å²) < 4.78 is 7.12. The molecule has 6 heteroatoms. The van der Waals surface area contributed by atoms with Gasteiger partial charge in [0.1, 0.15) is 12.4 Å². The molecule has 2 rings (SSSR count). The summed E-state index contributed by atoms with van der Waals surface area (Å²) in [6.07, 6.45) is 4.09. The number of hydrogen-bond acceptors (Lipinski definition) is 5. The minimum Gasteiger partial charge on any atom is -0.504 e. The zero-order valence-corrected chi connectivity index (χ0v) is 12.9. The van der Waals surface area contributed by atoms with Crippen LogP contribution >= 0.6 is 0 Å².